The minimum absolute atomic E-state index is 0.0760. The lowest BCUT2D eigenvalue weighted by molar-refractivity contribution is -0.229. The third-order valence-electron chi connectivity index (χ3n) is 5.02. The molecule has 0 aromatic rings. The van der Waals surface area contributed by atoms with Gasteiger partial charge in [-0.1, -0.05) is 34.9 Å². The first-order valence-electron chi connectivity index (χ1n) is 7.38. The van der Waals surface area contributed by atoms with Crippen molar-refractivity contribution in [3.05, 3.63) is 12.2 Å². The van der Waals surface area contributed by atoms with Gasteiger partial charge in [-0.25, -0.2) is 0 Å². The molecule has 2 unspecified atom stereocenters. The normalized spacial score (nSPS) is 46.9. The Morgan fingerprint density at radius 3 is 2.95 bits per heavy atom. The number of ether oxygens (including phenoxy) is 3. The average molecular weight is 376 g/mol. The second-order valence-electron chi connectivity index (χ2n) is 5.91. The van der Waals surface area contributed by atoms with Crippen molar-refractivity contribution in [3.8, 4) is 12.3 Å². The van der Waals surface area contributed by atoms with Crippen LogP contribution in [0.4, 0.5) is 0 Å². The average Bonchev–Trinajstić information content (AvgIpc) is 3.10. The van der Waals surface area contributed by atoms with E-state index in [0.29, 0.717) is 0 Å². The van der Waals surface area contributed by atoms with E-state index in [1.807, 2.05) is 6.08 Å². The molecule has 5 heteroatoms. The summed E-state index contributed by atoms with van der Waals surface area (Å²) >= 11 is 10.3. The maximum Gasteiger partial charge on any atom is 0.186 e. The Morgan fingerprint density at radius 2 is 2.33 bits per heavy atom. The predicted molar refractivity (Wildman–Crippen MR) is 85.5 cm³/mol. The molecule has 0 N–H and O–H groups in total. The van der Waals surface area contributed by atoms with Crippen LogP contribution < -0.4 is 0 Å². The number of halogens is 2. The van der Waals surface area contributed by atoms with Crippen LogP contribution in [-0.2, 0) is 14.2 Å². The van der Waals surface area contributed by atoms with Crippen molar-refractivity contribution in [1.29, 1.82) is 0 Å². The molecule has 0 spiro atoms. The summed E-state index contributed by atoms with van der Waals surface area (Å²) in [4.78, 5) is 0.107. The van der Waals surface area contributed by atoms with Gasteiger partial charge in [-0.15, -0.1) is 18.0 Å². The van der Waals surface area contributed by atoms with Crippen LogP contribution in [0.3, 0.4) is 0 Å². The molecule has 0 aromatic heterocycles. The van der Waals surface area contributed by atoms with Gasteiger partial charge in [-0.2, -0.15) is 0 Å². The molecule has 2 bridgehead atoms. The number of methoxy groups -OCH3 is 1. The van der Waals surface area contributed by atoms with Gasteiger partial charge in [0.05, 0.1) is 28.5 Å². The molecule has 21 heavy (non-hydrogen) atoms. The number of fused-ring (bicyclic) bond motifs is 1. The van der Waals surface area contributed by atoms with Gasteiger partial charge in [0.1, 0.15) is 0 Å². The molecule has 3 heterocycles. The first-order chi connectivity index (χ1) is 10.1. The molecule has 3 nitrogen and oxygen atoms in total. The molecule has 0 saturated carbocycles. The molecule has 116 valence electrons. The Morgan fingerprint density at radius 1 is 1.57 bits per heavy atom. The first kappa shape index (κ1) is 15.8. The molecule has 3 aliphatic rings. The van der Waals surface area contributed by atoms with E-state index >= 15 is 0 Å². The monoisotopic (exact) mass is 374 g/mol. The topological polar surface area (TPSA) is 27.7 Å². The number of hydrogen-bond donors (Lipinski definition) is 0. The lowest BCUT2D eigenvalue weighted by Crippen LogP contribution is -2.51. The zero-order valence-corrected chi connectivity index (χ0v) is 14.5. The Bertz CT molecular complexity index is 475. The van der Waals surface area contributed by atoms with Crippen molar-refractivity contribution < 1.29 is 14.2 Å². The van der Waals surface area contributed by atoms with Gasteiger partial charge < -0.3 is 14.2 Å². The molecule has 0 aromatic carbocycles. The van der Waals surface area contributed by atoms with Crippen LogP contribution in [0, 0.1) is 24.2 Å². The molecule has 3 aliphatic heterocycles. The molecule has 0 radical (unpaired) electrons. The van der Waals surface area contributed by atoms with Crippen molar-refractivity contribution in [2.75, 3.05) is 7.11 Å². The van der Waals surface area contributed by atoms with Crippen LogP contribution in [-0.4, -0.2) is 41.4 Å². The van der Waals surface area contributed by atoms with Gasteiger partial charge in [-0.3, -0.25) is 0 Å². The van der Waals surface area contributed by atoms with Gasteiger partial charge in [0, 0.05) is 25.4 Å². The fourth-order valence-corrected chi connectivity index (χ4v) is 5.20. The van der Waals surface area contributed by atoms with E-state index in [9.17, 15) is 0 Å². The molecule has 3 saturated heterocycles. The lowest BCUT2D eigenvalue weighted by Gasteiger charge is -2.39. The molecule has 0 amide bonds. The van der Waals surface area contributed by atoms with Crippen molar-refractivity contribution >= 4 is 27.5 Å². The number of alkyl halides is 2. The van der Waals surface area contributed by atoms with Gasteiger partial charge in [0.25, 0.3) is 0 Å². The largest absolute Gasteiger partial charge is 0.371 e. The summed E-state index contributed by atoms with van der Waals surface area (Å²) in [5.74, 6) is 2.12. The summed E-state index contributed by atoms with van der Waals surface area (Å²) in [5, 5.41) is -0.171. The molecule has 3 fully saturated rings. The highest BCUT2D eigenvalue weighted by Gasteiger charge is 2.71. The quantitative estimate of drug-likeness (QED) is 0.546. The highest BCUT2D eigenvalue weighted by molar-refractivity contribution is 9.09. The number of rotatable bonds is 5. The van der Waals surface area contributed by atoms with Gasteiger partial charge >= 0.3 is 0 Å². The number of allylic oxidation sites excluding steroid dienone is 2. The van der Waals surface area contributed by atoms with E-state index in [1.54, 1.807) is 13.2 Å². The van der Waals surface area contributed by atoms with E-state index in [0.717, 1.165) is 12.8 Å². The first-order valence-corrected chi connectivity index (χ1v) is 8.73. The minimum atomic E-state index is -0.670. The van der Waals surface area contributed by atoms with E-state index in [-0.39, 0.29) is 40.4 Å². The van der Waals surface area contributed by atoms with Crippen molar-refractivity contribution in [2.45, 2.75) is 54.1 Å². The highest BCUT2D eigenvalue weighted by Crippen LogP contribution is 2.60. The molecule has 8 atom stereocenters. The summed E-state index contributed by atoms with van der Waals surface area (Å²) in [6.45, 7) is 2.11. The maximum absolute atomic E-state index is 6.60. The smallest absolute Gasteiger partial charge is 0.186 e. The lowest BCUT2D eigenvalue weighted by atomic mass is 9.73. The predicted octanol–water partition coefficient (Wildman–Crippen LogP) is 3.10. The van der Waals surface area contributed by atoms with Crippen molar-refractivity contribution in [2.24, 2.45) is 11.8 Å². The van der Waals surface area contributed by atoms with Gasteiger partial charge in [-0.05, 0) is 12.5 Å². The third-order valence-corrected chi connectivity index (χ3v) is 6.74. The van der Waals surface area contributed by atoms with Crippen LogP contribution in [0.15, 0.2) is 12.2 Å². The zero-order chi connectivity index (χ0) is 15.2. The van der Waals surface area contributed by atoms with E-state index < -0.39 is 5.79 Å². The van der Waals surface area contributed by atoms with Crippen LogP contribution in [0.2, 0.25) is 0 Å². The third kappa shape index (κ3) is 2.21. The van der Waals surface area contributed by atoms with Crippen LogP contribution >= 0.6 is 27.5 Å². The summed E-state index contributed by atoms with van der Waals surface area (Å²) in [6.07, 6.45) is 10.9. The van der Waals surface area contributed by atoms with E-state index in [4.69, 9.17) is 32.2 Å². The zero-order valence-electron chi connectivity index (χ0n) is 12.2. The Labute approximate surface area is 139 Å². The summed E-state index contributed by atoms with van der Waals surface area (Å²) in [7, 11) is 1.71. The van der Waals surface area contributed by atoms with E-state index in [1.165, 1.54) is 0 Å². The molecule has 3 rings (SSSR count). The Hall–Kier alpha value is -0.0500. The second-order valence-corrected chi connectivity index (χ2v) is 7.52. The fraction of sp³-hybridized carbons (Fsp3) is 0.750. The Kier molecular flexibility index (Phi) is 4.42. The van der Waals surface area contributed by atoms with Crippen LogP contribution in [0.1, 0.15) is 19.8 Å². The van der Waals surface area contributed by atoms with Crippen molar-refractivity contribution in [1.82, 2.24) is 0 Å². The van der Waals surface area contributed by atoms with Crippen LogP contribution in [0.25, 0.3) is 0 Å². The standard InChI is InChI=1S/C16H20BrClO3/c1-4-6-7-9(18)13-10-8-11-15(20-10)14(13)16(19-3,21-11)12(17)5-2/h1,6-7,9-15H,5,8H2,2-3H3/b7-6-/t9-,10?,11-,12-,13-,14+,15?,16+/m1/s1. The highest BCUT2D eigenvalue weighted by atomic mass is 79.9. The second kappa shape index (κ2) is 5.86. The maximum atomic E-state index is 6.60. The summed E-state index contributed by atoms with van der Waals surface area (Å²) < 4.78 is 18.3. The Balaban J connectivity index is 1.94. The molecular formula is C16H20BrClO3. The van der Waals surface area contributed by atoms with Gasteiger partial charge in [0.2, 0.25) is 0 Å². The summed E-state index contributed by atoms with van der Waals surface area (Å²) in [5.41, 5.74) is 0. The minimum Gasteiger partial charge on any atom is -0.371 e. The number of terminal acetylenes is 1. The summed E-state index contributed by atoms with van der Waals surface area (Å²) in [6, 6.07) is 0. The number of hydrogen-bond acceptors (Lipinski definition) is 3. The SMILES string of the molecule is C#C/C=C\[C@@H](Cl)[C@@H]1C2C[C@H]3O[C@@](OC)([C@H](Br)CC)[C@@H]1C3O2. The van der Waals surface area contributed by atoms with Crippen LogP contribution in [0.5, 0.6) is 0 Å². The van der Waals surface area contributed by atoms with E-state index in [2.05, 4.69) is 28.8 Å². The fourth-order valence-electron chi connectivity index (χ4n) is 4.21. The molecule has 0 aliphatic carbocycles. The molecular weight excluding hydrogens is 356 g/mol. The van der Waals surface area contributed by atoms with Crippen molar-refractivity contribution in [3.63, 3.8) is 0 Å². The van der Waals surface area contributed by atoms with Gasteiger partial charge in [0.15, 0.2) is 5.79 Å².